The molecular weight excluding hydrogens is 384 g/mol. The Balaban J connectivity index is 1.54. The van der Waals surface area contributed by atoms with E-state index in [1.54, 1.807) is 0 Å². The van der Waals surface area contributed by atoms with Crippen LogP contribution in [-0.4, -0.2) is 66.1 Å². The molecule has 158 valence electrons. The van der Waals surface area contributed by atoms with Crippen LogP contribution < -0.4 is 15.0 Å². The van der Waals surface area contributed by atoms with Gasteiger partial charge < -0.3 is 19.9 Å². The summed E-state index contributed by atoms with van der Waals surface area (Å²) in [6, 6.07) is 8.29. The Hall–Kier alpha value is -2.35. The van der Waals surface area contributed by atoms with Gasteiger partial charge in [-0.15, -0.1) is 0 Å². The van der Waals surface area contributed by atoms with Crippen LogP contribution in [0.5, 0.6) is 5.75 Å². The summed E-state index contributed by atoms with van der Waals surface area (Å²) in [7, 11) is 0. The maximum Gasteiger partial charge on any atom is 0.205 e. The van der Waals surface area contributed by atoms with Gasteiger partial charge in [-0.1, -0.05) is 19.1 Å². The highest BCUT2D eigenvalue weighted by atomic mass is 32.1. The fourth-order valence-electron chi connectivity index (χ4n) is 3.30. The molecule has 1 aliphatic rings. The van der Waals surface area contributed by atoms with Gasteiger partial charge in [0.25, 0.3) is 0 Å². The summed E-state index contributed by atoms with van der Waals surface area (Å²) in [6.45, 7) is 12.3. The van der Waals surface area contributed by atoms with Crippen LogP contribution in [0.25, 0.3) is 0 Å². The van der Waals surface area contributed by atoms with Gasteiger partial charge >= 0.3 is 0 Å². The number of nitrogens with one attached hydrogen (secondary N) is 1. The van der Waals surface area contributed by atoms with Gasteiger partial charge in [-0.05, 0) is 38.0 Å². The first kappa shape index (κ1) is 21.4. The Morgan fingerprint density at radius 2 is 2.03 bits per heavy atom. The van der Waals surface area contributed by atoms with Crippen molar-refractivity contribution in [3.05, 3.63) is 35.7 Å². The van der Waals surface area contributed by atoms with E-state index in [9.17, 15) is 0 Å². The minimum absolute atomic E-state index is 0.689. The number of hydrogen-bond acceptors (Lipinski definition) is 6. The Morgan fingerprint density at radius 1 is 1.21 bits per heavy atom. The molecule has 1 aliphatic heterocycles. The number of rotatable bonds is 8. The molecule has 8 heteroatoms. The third-order valence-corrected chi connectivity index (χ3v) is 5.64. The average Bonchev–Trinajstić information content (AvgIpc) is 3.23. The number of benzene rings is 1. The average molecular weight is 417 g/mol. The highest BCUT2D eigenvalue weighted by molar-refractivity contribution is 7.09. The first-order valence-electron chi connectivity index (χ1n) is 10.6. The molecule has 29 heavy (non-hydrogen) atoms. The van der Waals surface area contributed by atoms with Gasteiger partial charge in [-0.3, -0.25) is 4.99 Å². The maximum atomic E-state index is 5.59. The van der Waals surface area contributed by atoms with Crippen LogP contribution in [0.4, 0.5) is 5.13 Å². The number of ether oxygens (including phenoxy) is 1. The summed E-state index contributed by atoms with van der Waals surface area (Å²) in [5.74, 6) is 2.87. The van der Waals surface area contributed by atoms with Gasteiger partial charge in [-0.25, -0.2) is 4.98 Å². The molecule has 1 aromatic heterocycles. The lowest BCUT2D eigenvalue weighted by molar-refractivity contribution is 0.340. The minimum atomic E-state index is 0.689. The molecule has 1 saturated heterocycles. The quantitative estimate of drug-likeness (QED) is 0.527. The predicted octanol–water partition coefficient (Wildman–Crippen LogP) is 2.83. The molecular formula is C21H32N6OS. The van der Waals surface area contributed by atoms with Gasteiger partial charge in [0.1, 0.15) is 11.6 Å². The first-order chi connectivity index (χ1) is 14.2. The molecule has 0 bridgehead atoms. The monoisotopic (exact) mass is 416 g/mol. The van der Waals surface area contributed by atoms with Crippen LogP contribution in [0.2, 0.25) is 0 Å². The van der Waals surface area contributed by atoms with E-state index in [4.69, 9.17) is 9.73 Å². The third kappa shape index (κ3) is 6.06. The van der Waals surface area contributed by atoms with Crippen molar-refractivity contribution in [1.29, 1.82) is 0 Å². The number of hydrogen-bond donors (Lipinski definition) is 1. The molecule has 0 saturated carbocycles. The van der Waals surface area contributed by atoms with E-state index in [0.29, 0.717) is 6.61 Å². The van der Waals surface area contributed by atoms with Crippen LogP contribution >= 0.6 is 11.5 Å². The zero-order chi connectivity index (χ0) is 20.5. The summed E-state index contributed by atoms with van der Waals surface area (Å²) in [4.78, 5) is 14.2. The zero-order valence-corrected chi connectivity index (χ0v) is 18.5. The first-order valence-corrected chi connectivity index (χ1v) is 11.3. The number of aliphatic imine (C=N–C) groups is 1. The van der Waals surface area contributed by atoms with E-state index in [1.165, 1.54) is 17.1 Å². The Labute approximate surface area is 178 Å². The molecule has 0 radical (unpaired) electrons. The fraction of sp³-hybridized carbons (Fsp3) is 0.571. The Kier molecular flexibility index (Phi) is 8.10. The number of piperazine rings is 1. The summed E-state index contributed by atoms with van der Waals surface area (Å²) in [5, 5.41) is 4.48. The van der Waals surface area contributed by atoms with E-state index >= 15 is 0 Å². The summed E-state index contributed by atoms with van der Waals surface area (Å²) < 4.78 is 10.0. The summed E-state index contributed by atoms with van der Waals surface area (Å²) in [6.07, 6.45) is 1.79. The van der Waals surface area contributed by atoms with E-state index in [0.717, 1.165) is 74.8 Å². The summed E-state index contributed by atoms with van der Waals surface area (Å²) in [5.41, 5.74) is 1.25. The Bertz CT molecular complexity index is 785. The molecule has 3 rings (SSSR count). The van der Waals surface area contributed by atoms with Crippen LogP contribution in [0, 0.1) is 0 Å². The minimum Gasteiger partial charge on any atom is -0.494 e. The number of aromatic nitrogens is 2. The number of anilines is 1. The van der Waals surface area contributed by atoms with Gasteiger partial charge in [-0.2, -0.15) is 4.37 Å². The highest BCUT2D eigenvalue weighted by Crippen LogP contribution is 2.19. The number of guanidine groups is 1. The second kappa shape index (κ2) is 11.0. The molecule has 1 aromatic carbocycles. The molecule has 1 N–H and O–H groups in total. The lowest BCUT2D eigenvalue weighted by Crippen LogP contribution is -2.52. The van der Waals surface area contributed by atoms with Gasteiger partial charge in [0, 0.05) is 57.2 Å². The van der Waals surface area contributed by atoms with Crippen LogP contribution in [0.1, 0.15) is 32.2 Å². The van der Waals surface area contributed by atoms with Crippen molar-refractivity contribution in [3.63, 3.8) is 0 Å². The van der Waals surface area contributed by atoms with Crippen molar-refractivity contribution in [2.75, 3.05) is 50.8 Å². The van der Waals surface area contributed by atoms with Gasteiger partial charge in [0.05, 0.1) is 6.61 Å². The lowest BCUT2D eigenvalue weighted by Gasteiger charge is -2.36. The van der Waals surface area contributed by atoms with Gasteiger partial charge in [0.2, 0.25) is 5.13 Å². The van der Waals surface area contributed by atoms with E-state index in [2.05, 4.69) is 50.5 Å². The normalized spacial score (nSPS) is 14.9. The van der Waals surface area contributed by atoms with Gasteiger partial charge in [0.15, 0.2) is 5.96 Å². The van der Waals surface area contributed by atoms with E-state index in [-0.39, 0.29) is 0 Å². The highest BCUT2D eigenvalue weighted by Gasteiger charge is 2.21. The molecule has 7 nitrogen and oxygen atoms in total. The largest absolute Gasteiger partial charge is 0.494 e. The van der Waals surface area contributed by atoms with Crippen molar-refractivity contribution in [2.24, 2.45) is 4.99 Å². The fourth-order valence-corrected chi connectivity index (χ4v) is 4.10. The van der Waals surface area contributed by atoms with Crippen LogP contribution in [0.15, 0.2) is 29.3 Å². The van der Waals surface area contributed by atoms with Crippen molar-refractivity contribution < 1.29 is 4.74 Å². The Morgan fingerprint density at radius 3 is 2.72 bits per heavy atom. The second-order valence-electron chi connectivity index (χ2n) is 6.89. The van der Waals surface area contributed by atoms with Crippen LogP contribution in [-0.2, 0) is 12.8 Å². The molecule has 1 fully saturated rings. The summed E-state index contributed by atoms with van der Waals surface area (Å²) >= 11 is 1.51. The standard InChI is InChI=1S/C21H32N6OS/c1-4-19-24-21(29-25-19)27-14-12-26(13-15-27)20(22-5-2)23-11-10-17-8-7-9-18(16-17)28-6-3/h7-9,16H,4-6,10-15H2,1-3H3,(H,22,23). The predicted molar refractivity (Wildman–Crippen MR) is 120 cm³/mol. The van der Waals surface area contributed by atoms with Crippen molar-refractivity contribution in [1.82, 2.24) is 19.6 Å². The zero-order valence-electron chi connectivity index (χ0n) is 17.7. The maximum absolute atomic E-state index is 5.59. The molecule has 2 aromatic rings. The van der Waals surface area contributed by atoms with Crippen LogP contribution in [0.3, 0.4) is 0 Å². The molecule has 0 aliphatic carbocycles. The van der Waals surface area contributed by atoms with Crippen molar-refractivity contribution >= 4 is 22.6 Å². The smallest absolute Gasteiger partial charge is 0.205 e. The molecule has 0 spiro atoms. The number of aryl methyl sites for hydroxylation is 1. The SMILES string of the molecule is CCNC(=NCCc1cccc(OCC)c1)N1CCN(c2nc(CC)ns2)CC1. The lowest BCUT2D eigenvalue weighted by atomic mass is 10.1. The third-order valence-electron chi connectivity index (χ3n) is 4.83. The molecule has 0 atom stereocenters. The van der Waals surface area contributed by atoms with E-state index < -0.39 is 0 Å². The molecule has 2 heterocycles. The number of nitrogens with zero attached hydrogens (tertiary/aromatic N) is 5. The molecule has 0 unspecified atom stereocenters. The van der Waals surface area contributed by atoms with Crippen molar-refractivity contribution in [2.45, 2.75) is 33.6 Å². The van der Waals surface area contributed by atoms with E-state index in [1.807, 2.05) is 19.1 Å². The second-order valence-corrected chi connectivity index (χ2v) is 7.62. The van der Waals surface area contributed by atoms with Crippen molar-refractivity contribution in [3.8, 4) is 5.75 Å². The topological polar surface area (TPSA) is 65.9 Å². The molecule has 0 amide bonds.